The van der Waals surface area contributed by atoms with Gasteiger partial charge in [0, 0.05) is 33.3 Å². The summed E-state index contributed by atoms with van der Waals surface area (Å²) in [5.74, 6) is 0.776. The van der Waals surface area contributed by atoms with Gasteiger partial charge in [-0.05, 0) is 17.7 Å². The number of aliphatic hydroxyl groups is 1. The molecule has 5 heteroatoms. The number of aromatic nitrogens is 3. The lowest BCUT2D eigenvalue weighted by atomic mass is 10.1. The quantitative estimate of drug-likeness (QED) is 0.879. The zero-order valence-electron chi connectivity index (χ0n) is 10.9. The Morgan fingerprint density at radius 1 is 1.39 bits per heavy atom. The van der Waals surface area contributed by atoms with E-state index in [1.54, 1.807) is 4.68 Å². The van der Waals surface area contributed by atoms with Crippen LogP contribution in [0.4, 0.5) is 5.69 Å². The summed E-state index contributed by atoms with van der Waals surface area (Å²) in [5.41, 5.74) is 1.97. The van der Waals surface area contributed by atoms with Crippen LogP contribution in [0.5, 0.6) is 0 Å². The van der Waals surface area contributed by atoms with Crippen LogP contribution in [0.25, 0.3) is 0 Å². The number of nitrogens with zero attached hydrogens (tertiary/aromatic N) is 4. The fraction of sp³-hybridized carbons (Fsp3) is 0.385. The Morgan fingerprint density at radius 3 is 2.78 bits per heavy atom. The molecule has 1 aromatic heterocycles. The van der Waals surface area contributed by atoms with Crippen molar-refractivity contribution in [1.82, 2.24) is 14.8 Å². The monoisotopic (exact) mass is 246 g/mol. The molecule has 1 aromatic carbocycles. The summed E-state index contributed by atoms with van der Waals surface area (Å²) in [5, 5.41) is 14.2. The lowest BCUT2D eigenvalue weighted by molar-refractivity contribution is 0.174. The van der Waals surface area contributed by atoms with Gasteiger partial charge >= 0.3 is 0 Å². The van der Waals surface area contributed by atoms with Crippen LogP contribution in [0, 0.1) is 0 Å². The molecule has 96 valence electrons. The smallest absolute Gasteiger partial charge is 0.138 e. The van der Waals surface area contributed by atoms with Crippen molar-refractivity contribution >= 4 is 5.69 Å². The number of hydrogen-bond donors (Lipinski definition) is 1. The average molecular weight is 246 g/mol. The standard InChI is InChI=1S/C13H18N4O/c1-16(2)11-6-4-5-10(7-11)12(18)8-13-14-9-15-17(13)3/h4-7,9,12,18H,8H2,1-3H3. The Bertz CT molecular complexity index is 521. The zero-order chi connectivity index (χ0) is 13.1. The predicted octanol–water partition coefficient (Wildman–Crippen LogP) is 1.16. The molecule has 1 heterocycles. The highest BCUT2D eigenvalue weighted by Gasteiger charge is 2.12. The molecule has 1 atom stereocenters. The summed E-state index contributed by atoms with van der Waals surface area (Å²) in [6, 6.07) is 7.87. The van der Waals surface area contributed by atoms with E-state index in [1.165, 1.54) is 6.33 Å². The van der Waals surface area contributed by atoms with Crippen LogP contribution in [0.2, 0.25) is 0 Å². The SMILES string of the molecule is CN(C)c1cccc(C(O)Cc2ncnn2C)c1. The van der Waals surface area contributed by atoms with Crippen molar-refractivity contribution in [3.05, 3.63) is 42.0 Å². The molecule has 1 N–H and O–H groups in total. The van der Waals surface area contributed by atoms with Gasteiger partial charge in [0.25, 0.3) is 0 Å². The number of aryl methyl sites for hydroxylation is 1. The summed E-state index contributed by atoms with van der Waals surface area (Å²) < 4.78 is 1.68. The van der Waals surface area contributed by atoms with Crippen LogP contribution in [0.15, 0.2) is 30.6 Å². The second-order valence-electron chi connectivity index (χ2n) is 4.51. The Labute approximate surface area is 107 Å². The molecule has 0 saturated heterocycles. The first kappa shape index (κ1) is 12.6. The van der Waals surface area contributed by atoms with E-state index in [9.17, 15) is 5.11 Å². The van der Waals surface area contributed by atoms with Crippen LogP contribution < -0.4 is 4.90 Å². The van der Waals surface area contributed by atoms with E-state index in [1.807, 2.05) is 50.3 Å². The third-order valence-electron chi connectivity index (χ3n) is 2.95. The number of aliphatic hydroxyl groups excluding tert-OH is 1. The van der Waals surface area contributed by atoms with Gasteiger partial charge in [-0.15, -0.1) is 0 Å². The van der Waals surface area contributed by atoms with Crippen molar-refractivity contribution < 1.29 is 5.11 Å². The first-order valence-electron chi connectivity index (χ1n) is 5.86. The zero-order valence-corrected chi connectivity index (χ0v) is 10.9. The van der Waals surface area contributed by atoms with Gasteiger partial charge < -0.3 is 10.0 Å². The fourth-order valence-corrected chi connectivity index (χ4v) is 1.81. The van der Waals surface area contributed by atoms with Crippen molar-refractivity contribution in [2.75, 3.05) is 19.0 Å². The maximum atomic E-state index is 10.2. The van der Waals surface area contributed by atoms with E-state index < -0.39 is 6.10 Å². The van der Waals surface area contributed by atoms with E-state index in [2.05, 4.69) is 10.1 Å². The van der Waals surface area contributed by atoms with Gasteiger partial charge in [-0.2, -0.15) is 5.10 Å². The molecule has 0 aliphatic heterocycles. The molecule has 1 unspecified atom stereocenters. The molecule has 0 radical (unpaired) electrons. The maximum Gasteiger partial charge on any atom is 0.138 e. The largest absolute Gasteiger partial charge is 0.388 e. The van der Waals surface area contributed by atoms with Crippen molar-refractivity contribution in [3.8, 4) is 0 Å². The Hall–Kier alpha value is -1.88. The van der Waals surface area contributed by atoms with Crippen LogP contribution in [-0.2, 0) is 13.5 Å². The van der Waals surface area contributed by atoms with E-state index >= 15 is 0 Å². The highest BCUT2D eigenvalue weighted by atomic mass is 16.3. The minimum absolute atomic E-state index is 0.466. The second-order valence-corrected chi connectivity index (χ2v) is 4.51. The van der Waals surface area contributed by atoms with Gasteiger partial charge in [0.15, 0.2) is 0 Å². The topological polar surface area (TPSA) is 54.2 Å². The normalized spacial score (nSPS) is 12.4. The fourth-order valence-electron chi connectivity index (χ4n) is 1.81. The van der Waals surface area contributed by atoms with Gasteiger partial charge in [0.2, 0.25) is 0 Å². The lowest BCUT2D eigenvalue weighted by Crippen LogP contribution is -2.11. The lowest BCUT2D eigenvalue weighted by Gasteiger charge is -2.16. The van der Waals surface area contributed by atoms with E-state index in [0.29, 0.717) is 6.42 Å². The minimum Gasteiger partial charge on any atom is -0.388 e. The molecule has 0 amide bonds. The van der Waals surface area contributed by atoms with Gasteiger partial charge in [-0.1, -0.05) is 12.1 Å². The first-order chi connectivity index (χ1) is 8.58. The van der Waals surface area contributed by atoms with Crippen LogP contribution >= 0.6 is 0 Å². The molecule has 2 aromatic rings. The molecular weight excluding hydrogens is 228 g/mol. The predicted molar refractivity (Wildman–Crippen MR) is 70.4 cm³/mol. The summed E-state index contributed by atoms with van der Waals surface area (Å²) in [6.45, 7) is 0. The third-order valence-corrected chi connectivity index (χ3v) is 2.95. The number of anilines is 1. The van der Waals surface area contributed by atoms with E-state index in [0.717, 1.165) is 17.1 Å². The van der Waals surface area contributed by atoms with Gasteiger partial charge in [0.05, 0.1) is 6.10 Å². The van der Waals surface area contributed by atoms with Crippen LogP contribution in [-0.4, -0.2) is 34.0 Å². The number of rotatable bonds is 4. The third kappa shape index (κ3) is 2.68. The van der Waals surface area contributed by atoms with Crippen molar-refractivity contribution in [1.29, 1.82) is 0 Å². The van der Waals surface area contributed by atoms with Crippen LogP contribution in [0.1, 0.15) is 17.5 Å². The van der Waals surface area contributed by atoms with Gasteiger partial charge in [-0.25, -0.2) is 4.98 Å². The van der Waals surface area contributed by atoms with Crippen molar-refractivity contribution in [3.63, 3.8) is 0 Å². The summed E-state index contributed by atoms with van der Waals surface area (Å²) in [4.78, 5) is 6.13. The molecule has 5 nitrogen and oxygen atoms in total. The molecule has 0 bridgehead atoms. The molecule has 0 aliphatic carbocycles. The molecule has 0 saturated carbocycles. The maximum absolute atomic E-state index is 10.2. The summed E-state index contributed by atoms with van der Waals surface area (Å²) in [7, 11) is 5.79. The Morgan fingerprint density at radius 2 is 2.17 bits per heavy atom. The van der Waals surface area contributed by atoms with Gasteiger partial charge in [0.1, 0.15) is 12.2 Å². The van der Waals surface area contributed by atoms with Crippen LogP contribution in [0.3, 0.4) is 0 Å². The minimum atomic E-state index is -0.562. The number of benzene rings is 1. The highest BCUT2D eigenvalue weighted by Crippen LogP contribution is 2.21. The highest BCUT2D eigenvalue weighted by molar-refractivity contribution is 5.47. The number of hydrogen-bond acceptors (Lipinski definition) is 4. The molecule has 0 aliphatic rings. The second kappa shape index (κ2) is 5.18. The Kier molecular flexibility index (Phi) is 3.62. The summed E-state index contributed by atoms with van der Waals surface area (Å²) in [6.07, 6.45) is 1.40. The molecular formula is C13H18N4O. The molecule has 2 rings (SSSR count). The molecule has 0 fully saturated rings. The molecule has 18 heavy (non-hydrogen) atoms. The average Bonchev–Trinajstić information content (AvgIpc) is 2.75. The first-order valence-corrected chi connectivity index (χ1v) is 5.86. The van der Waals surface area contributed by atoms with Crippen molar-refractivity contribution in [2.24, 2.45) is 7.05 Å². The van der Waals surface area contributed by atoms with Crippen molar-refractivity contribution in [2.45, 2.75) is 12.5 Å². The van der Waals surface area contributed by atoms with E-state index in [4.69, 9.17) is 0 Å². The van der Waals surface area contributed by atoms with Gasteiger partial charge in [-0.3, -0.25) is 4.68 Å². The summed E-state index contributed by atoms with van der Waals surface area (Å²) >= 11 is 0. The Balaban J connectivity index is 2.16. The molecule has 0 spiro atoms. The van der Waals surface area contributed by atoms with E-state index in [-0.39, 0.29) is 0 Å².